The van der Waals surface area contributed by atoms with Crippen LogP contribution in [0.1, 0.15) is 106 Å². The first-order chi connectivity index (χ1) is 13.2. The zero-order valence-electron chi connectivity index (χ0n) is 19.4. The molecule has 0 aromatic rings. The molecule has 0 spiro atoms. The summed E-state index contributed by atoms with van der Waals surface area (Å²) < 4.78 is 0. The third-order valence-electron chi connectivity index (χ3n) is 7.81. The van der Waals surface area contributed by atoms with E-state index in [0.717, 1.165) is 0 Å². The van der Waals surface area contributed by atoms with E-state index in [1.165, 1.54) is 64.2 Å². The lowest BCUT2D eigenvalue weighted by Gasteiger charge is -2.30. The molecule has 4 aliphatic rings. The molecule has 0 amide bonds. The van der Waals surface area contributed by atoms with Crippen LogP contribution >= 0.6 is 0 Å². The third-order valence-corrected chi connectivity index (χ3v) is 7.81. The van der Waals surface area contributed by atoms with Gasteiger partial charge in [-0.15, -0.1) is 0 Å². The maximum atomic E-state index is 2.68. The van der Waals surface area contributed by atoms with Crippen LogP contribution in [0.4, 0.5) is 0 Å². The van der Waals surface area contributed by atoms with Crippen molar-refractivity contribution in [3.63, 3.8) is 0 Å². The molecule has 0 heteroatoms. The van der Waals surface area contributed by atoms with Gasteiger partial charge in [-0.2, -0.15) is 0 Å². The normalized spacial score (nSPS) is 28.4. The average Bonchev–Trinajstić information content (AvgIpc) is 3.18. The summed E-state index contributed by atoms with van der Waals surface area (Å²) in [7, 11) is 0. The fraction of sp³-hybridized carbons (Fsp3) is 0.714. The first-order valence-corrected chi connectivity index (χ1v) is 12.0. The molecule has 0 saturated heterocycles. The average molecular weight is 379 g/mol. The zero-order chi connectivity index (χ0) is 20.1. The standard InChI is InChI=1S/C28H42/c1-27(2,3)25-17-19(21-11-7-9-13-23(21)25)15-16-20-18-26(28(4,5)6)24-14-10-8-12-22(20)24/h17-18,25-26H,7-16H2,1-6H3. The Hall–Kier alpha value is -1.04. The Morgan fingerprint density at radius 2 is 0.964 bits per heavy atom. The van der Waals surface area contributed by atoms with Crippen molar-refractivity contribution in [1.29, 1.82) is 0 Å². The van der Waals surface area contributed by atoms with Gasteiger partial charge >= 0.3 is 0 Å². The predicted molar refractivity (Wildman–Crippen MR) is 122 cm³/mol. The van der Waals surface area contributed by atoms with Gasteiger partial charge in [-0.05, 0) is 97.3 Å². The predicted octanol–water partition coefficient (Wildman–Crippen LogP) is 8.71. The van der Waals surface area contributed by atoms with Crippen LogP contribution in [-0.4, -0.2) is 0 Å². The minimum absolute atomic E-state index is 0.364. The van der Waals surface area contributed by atoms with Crippen LogP contribution in [0.25, 0.3) is 0 Å². The molecule has 0 saturated carbocycles. The summed E-state index contributed by atoms with van der Waals surface area (Å²) in [4.78, 5) is 0. The van der Waals surface area contributed by atoms with Gasteiger partial charge in [0.1, 0.15) is 0 Å². The van der Waals surface area contributed by atoms with Crippen molar-refractivity contribution in [2.75, 3.05) is 0 Å². The van der Waals surface area contributed by atoms with E-state index in [4.69, 9.17) is 0 Å². The van der Waals surface area contributed by atoms with Gasteiger partial charge in [-0.3, -0.25) is 0 Å². The molecular weight excluding hydrogens is 336 g/mol. The second kappa shape index (κ2) is 7.33. The van der Waals surface area contributed by atoms with E-state index in [2.05, 4.69) is 53.7 Å². The fourth-order valence-electron chi connectivity index (χ4n) is 6.37. The summed E-state index contributed by atoms with van der Waals surface area (Å²) in [6, 6.07) is 0. The summed E-state index contributed by atoms with van der Waals surface area (Å²) in [5, 5.41) is 0. The van der Waals surface area contributed by atoms with Gasteiger partial charge in [0.25, 0.3) is 0 Å². The number of rotatable bonds is 3. The maximum absolute atomic E-state index is 2.68. The summed E-state index contributed by atoms with van der Waals surface area (Å²) in [6.07, 6.45) is 18.9. The minimum atomic E-state index is 0.364. The fourth-order valence-corrected chi connectivity index (χ4v) is 6.37. The maximum Gasteiger partial charge on any atom is 0.00372 e. The number of hydrogen-bond donors (Lipinski definition) is 0. The van der Waals surface area contributed by atoms with Crippen LogP contribution in [-0.2, 0) is 0 Å². The first kappa shape index (κ1) is 20.2. The molecule has 0 N–H and O–H groups in total. The lowest BCUT2D eigenvalue weighted by molar-refractivity contribution is 0.323. The van der Waals surface area contributed by atoms with Crippen molar-refractivity contribution in [2.24, 2.45) is 22.7 Å². The van der Waals surface area contributed by atoms with Crippen LogP contribution in [0.15, 0.2) is 45.6 Å². The Balaban J connectivity index is 1.56. The molecule has 4 rings (SSSR count). The first-order valence-electron chi connectivity index (χ1n) is 12.0. The van der Waals surface area contributed by atoms with Gasteiger partial charge in [-0.25, -0.2) is 0 Å². The molecule has 2 unspecified atom stereocenters. The largest absolute Gasteiger partial charge is 0.0733 e. The molecule has 0 radical (unpaired) electrons. The van der Waals surface area contributed by atoms with Crippen molar-refractivity contribution in [3.8, 4) is 0 Å². The Labute approximate surface area is 174 Å². The van der Waals surface area contributed by atoms with E-state index in [1.807, 2.05) is 0 Å². The molecule has 0 aromatic heterocycles. The molecule has 0 heterocycles. The number of allylic oxidation sites excluding steroid dienone is 8. The van der Waals surface area contributed by atoms with Gasteiger partial charge in [0.05, 0.1) is 0 Å². The van der Waals surface area contributed by atoms with Crippen molar-refractivity contribution in [2.45, 2.75) is 106 Å². The van der Waals surface area contributed by atoms with Gasteiger partial charge < -0.3 is 0 Å². The van der Waals surface area contributed by atoms with Gasteiger partial charge in [0, 0.05) is 11.8 Å². The monoisotopic (exact) mass is 378 g/mol. The molecule has 4 aliphatic carbocycles. The van der Waals surface area contributed by atoms with Crippen LogP contribution in [0.2, 0.25) is 0 Å². The van der Waals surface area contributed by atoms with E-state index in [9.17, 15) is 0 Å². The van der Waals surface area contributed by atoms with Gasteiger partial charge in [0.15, 0.2) is 0 Å². The molecule has 2 atom stereocenters. The van der Waals surface area contributed by atoms with E-state index in [-0.39, 0.29) is 0 Å². The van der Waals surface area contributed by atoms with E-state index in [0.29, 0.717) is 22.7 Å². The lowest BCUT2D eigenvalue weighted by atomic mass is 9.74. The van der Waals surface area contributed by atoms with Crippen molar-refractivity contribution in [3.05, 3.63) is 45.6 Å². The topological polar surface area (TPSA) is 0 Å². The van der Waals surface area contributed by atoms with Crippen molar-refractivity contribution in [1.82, 2.24) is 0 Å². The third kappa shape index (κ3) is 3.73. The van der Waals surface area contributed by atoms with Crippen molar-refractivity contribution < 1.29 is 0 Å². The highest BCUT2D eigenvalue weighted by Crippen LogP contribution is 2.51. The Kier molecular flexibility index (Phi) is 5.30. The van der Waals surface area contributed by atoms with Gasteiger partial charge in [0.2, 0.25) is 0 Å². The SMILES string of the molecule is CC(C)(C)C1C=C(CCC2=CC(C(C)(C)C)C3=C2CCCC3)C2=C1CCCC2. The van der Waals surface area contributed by atoms with E-state index >= 15 is 0 Å². The van der Waals surface area contributed by atoms with Crippen LogP contribution in [0.5, 0.6) is 0 Å². The van der Waals surface area contributed by atoms with E-state index in [1.54, 1.807) is 33.4 Å². The highest BCUT2D eigenvalue weighted by Gasteiger charge is 2.37. The van der Waals surface area contributed by atoms with Crippen LogP contribution in [0.3, 0.4) is 0 Å². The van der Waals surface area contributed by atoms with E-state index < -0.39 is 0 Å². The summed E-state index contributed by atoms with van der Waals surface area (Å²) in [5.74, 6) is 1.37. The molecule has 28 heavy (non-hydrogen) atoms. The molecule has 154 valence electrons. The smallest absolute Gasteiger partial charge is 0.00372 e. The Morgan fingerprint density at radius 3 is 1.32 bits per heavy atom. The molecule has 0 aliphatic heterocycles. The molecule has 0 bridgehead atoms. The highest BCUT2D eigenvalue weighted by molar-refractivity contribution is 5.50. The quantitative estimate of drug-likeness (QED) is 0.460. The summed E-state index contributed by atoms with van der Waals surface area (Å²) >= 11 is 0. The Bertz CT molecular complexity index is 685. The van der Waals surface area contributed by atoms with Crippen LogP contribution in [0, 0.1) is 22.7 Å². The molecular formula is C28H42. The molecule has 0 nitrogen and oxygen atoms in total. The highest BCUT2D eigenvalue weighted by atomic mass is 14.4. The second-order valence-corrected chi connectivity index (χ2v) is 12.0. The zero-order valence-corrected chi connectivity index (χ0v) is 19.4. The van der Waals surface area contributed by atoms with Crippen LogP contribution < -0.4 is 0 Å². The lowest BCUT2D eigenvalue weighted by Crippen LogP contribution is -2.20. The minimum Gasteiger partial charge on any atom is -0.0733 e. The summed E-state index contributed by atoms with van der Waals surface area (Å²) in [6.45, 7) is 14.6. The van der Waals surface area contributed by atoms with Crippen molar-refractivity contribution >= 4 is 0 Å². The molecule has 0 aromatic carbocycles. The second-order valence-electron chi connectivity index (χ2n) is 12.0. The van der Waals surface area contributed by atoms with Gasteiger partial charge in [-0.1, -0.05) is 64.8 Å². The summed E-state index contributed by atoms with van der Waals surface area (Å²) in [5.41, 5.74) is 11.3. The number of hydrogen-bond acceptors (Lipinski definition) is 0. The molecule has 0 fully saturated rings. The Morgan fingerprint density at radius 1 is 0.607 bits per heavy atom.